The highest BCUT2D eigenvalue weighted by molar-refractivity contribution is 6.28. The summed E-state index contributed by atoms with van der Waals surface area (Å²) in [6, 6.07) is 0.211. The van der Waals surface area contributed by atoms with Gasteiger partial charge in [-0.15, -0.1) is 0 Å². The monoisotopic (exact) mass is 158 g/mol. The topological polar surface area (TPSA) is 47.9 Å². The van der Waals surface area contributed by atoms with Crippen molar-refractivity contribution in [3.8, 4) is 6.01 Å². The van der Waals surface area contributed by atoms with Gasteiger partial charge in [0.1, 0.15) is 0 Å². The number of nitrogens with zero attached hydrogens (tertiary/aromatic N) is 3. The Balaban J connectivity index is 2.75. The van der Waals surface area contributed by atoms with Crippen LogP contribution in [0.25, 0.3) is 0 Å². The lowest BCUT2D eigenvalue weighted by molar-refractivity contribution is 0.311. The minimum absolute atomic E-state index is 0.0958. The van der Waals surface area contributed by atoms with Crippen LogP contribution in [0.3, 0.4) is 0 Å². The second-order valence-electron chi connectivity index (χ2n) is 1.42. The normalized spacial score (nSPS) is 9.40. The Morgan fingerprint density at radius 3 is 3.00 bits per heavy atom. The molecule has 1 heterocycles. The van der Waals surface area contributed by atoms with Crippen LogP contribution in [0.4, 0.5) is 0 Å². The summed E-state index contributed by atoms with van der Waals surface area (Å²) in [6.07, 6.45) is 2.29. The Morgan fingerprint density at radius 1 is 1.60 bits per heavy atom. The Morgan fingerprint density at radius 2 is 2.40 bits per heavy atom. The number of rotatable bonds is 2. The quantitative estimate of drug-likeness (QED) is 0.637. The molecule has 5 heteroatoms. The number of hydrogen-bond donors (Lipinski definition) is 0. The zero-order valence-corrected chi connectivity index (χ0v) is 6.09. The van der Waals surface area contributed by atoms with Gasteiger partial charge in [0.25, 0.3) is 0 Å². The smallest absolute Gasteiger partial charge is 0.321 e. The molecule has 0 aliphatic rings. The van der Waals surface area contributed by atoms with Gasteiger partial charge in [-0.3, -0.25) is 0 Å². The fraction of sp³-hybridized carbons (Fsp3) is 0.400. The molecule has 1 aromatic rings. The van der Waals surface area contributed by atoms with Crippen LogP contribution in [-0.2, 0) is 0 Å². The molecule has 0 fully saturated rings. The van der Waals surface area contributed by atoms with Crippen molar-refractivity contribution in [3.63, 3.8) is 0 Å². The molecule has 0 bridgehead atoms. The first-order valence-corrected chi connectivity index (χ1v) is 3.11. The van der Waals surface area contributed by atoms with Crippen LogP contribution in [0.2, 0.25) is 5.28 Å². The van der Waals surface area contributed by atoms with Crippen molar-refractivity contribution in [1.29, 1.82) is 0 Å². The zero-order valence-electron chi connectivity index (χ0n) is 5.33. The minimum atomic E-state index is 0.0958. The highest BCUT2D eigenvalue weighted by Gasteiger charge is 1.96. The van der Waals surface area contributed by atoms with Crippen molar-refractivity contribution in [2.75, 3.05) is 6.61 Å². The lowest BCUT2D eigenvalue weighted by Gasteiger charge is -1.96. The molecule has 1 radical (unpaired) electrons. The minimum Gasteiger partial charge on any atom is -0.464 e. The van der Waals surface area contributed by atoms with Crippen LogP contribution in [0.5, 0.6) is 6.01 Å². The van der Waals surface area contributed by atoms with Gasteiger partial charge in [0.15, 0.2) is 0 Å². The first-order chi connectivity index (χ1) is 4.83. The van der Waals surface area contributed by atoms with Gasteiger partial charge in [-0.1, -0.05) is 0 Å². The molecule has 0 N–H and O–H groups in total. The summed E-state index contributed by atoms with van der Waals surface area (Å²) in [5.41, 5.74) is 0. The lowest BCUT2D eigenvalue weighted by Crippen LogP contribution is -1.97. The maximum absolute atomic E-state index is 5.41. The van der Waals surface area contributed by atoms with E-state index in [0.29, 0.717) is 6.61 Å². The lowest BCUT2D eigenvalue weighted by atomic mass is 10.9. The van der Waals surface area contributed by atoms with Crippen LogP contribution in [-0.4, -0.2) is 21.6 Å². The van der Waals surface area contributed by atoms with Gasteiger partial charge in [-0.05, 0) is 18.5 Å². The maximum Gasteiger partial charge on any atom is 0.321 e. The van der Waals surface area contributed by atoms with Crippen LogP contribution in [0.15, 0.2) is 0 Å². The first kappa shape index (κ1) is 7.21. The maximum atomic E-state index is 5.41. The summed E-state index contributed by atoms with van der Waals surface area (Å²) in [5.74, 6) is 0. The Hall–Kier alpha value is -0.900. The molecule has 1 aromatic heterocycles. The third-order valence-electron chi connectivity index (χ3n) is 0.749. The average Bonchev–Trinajstić information content (AvgIpc) is 1.88. The van der Waals surface area contributed by atoms with E-state index < -0.39 is 0 Å². The molecule has 0 aliphatic carbocycles. The second-order valence-corrected chi connectivity index (χ2v) is 1.76. The average molecular weight is 159 g/mol. The molecule has 0 unspecified atom stereocenters. The SMILES string of the molecule is CCOc1n[c]nc(Cl)n1. The van der Waals surface area contributed by atoms with Crippen LogP contribution < -0.4 is 4.74 Å². The molecule has 0 aromatic carbocycles. The van der Waals surface area contributed by atoms with E-state index >= 15 is 0 Å². The summed E-state index contributed by atoms with van der Waals surface area (Å²) in [7, 11) is 0. The third kappa shape index (κ3) is 1.80. The third-order valence-corrected chi connectivity index (χ3v) is 0.918. The highest BCUT2D eigenvalue weighted by atomic mass is 35.5. The van der Waals surface area contributed by atoms with Crippen molar-refractivity contribution in [2.45, 2.75) is 6.92 Å². The second kappa shape index (κ2) is 3.31. The van der Waals surface area contributed by atoms with E-state index in [0.717, 1.165) is 0 Å². The van der Waals surface area contributed by atoms with Crippen LogP contribution >= 0.6 is 11.6 Å². The molecule has 0 saturated carbocycles. The highest BCUT2D eigenvalue weighted by Crippen LogP contribution is 2.02. The first-order valence-electron chi connectivity index (χ1n) is 2.73. The number of hydrogen-bond acceptors (Lipinski definition) is 4. The van der Waals surface area contributed by atoms with Crippen LogP contribution in [0.1, 0.15) is 6.92 Å². The summed E-state index contributed by atoms with van der Waals surface area (Å²) in [5, 5.41) is 0.0958. The number of halogens is 1. The molecule has 0 spiro atoms. The van der Waals surface area contributed by atoms with E-state index in [-0.39, 0.29) is 11.3 Å². The van der Waals surface area contributed by atoms with Crippen molar-refractivity contribution in [1.82, 2.24) is 15.0 Å². The Labute approximate surface area is 63.2 Å². The molecule has 0 saturated heterocycles. The molecule has 53 valence electrons. The van der Waals surface area contributed by atoms with E-state index in [1.165, 1.54) is 0 Å². The van der Waals surface area contributed by atoms with Gasteiger partial charge in [0.2, 0.25) is 11.6 Å². The van der Waals surface area contributed by atoms with E-state index in [1.54, 1.807) is 0 Å². The van der Waals surface area contributed by atoms with E-state index in [2.05, 4.69) is 21.3 Å². The van der Waals surface area contributed by atoms with Gasteiger partial charge in [-0.2, -0.15) is 15.0 Å². The van der Waals surface area contributed by atoms with Crippen molar-refractivity contribution in [3.05, 3.63) is 11.6 Å². The molecule has 0 amide bonds. The van der Waals surface area contributed by atoms with E-state index in [1.807, 2.05) is 6.92 Å². The summed E-state index contributed by atoms with van der Waals surface area (Å²) >= 11 is 5.41. The standard InChI is InChI=1S/C5H5ClN3O/c1-2-10-5-8-3-7-4(6)9-5/h2H2,1H3. The molecule has 0 aliphatic heterocycles. The zero-order chi connectivity index (χ0) is 7.40. The summed E-state index contributed by atoms with van der Waals surface area (Å²) < 4.78 is 4.91. The molecular formula is C5H5ClN3O. The molecule has 1 rings (SSSR count). The predicted molar refractivity (Wildman–Crippen MR) is 34.8 cm³/mol. The Bertz CT molecular complexity index is 218. The van der Waals surface area contributed by atoms with Gasteiger partial charge in [0, 0.05) is 0 Å². The number of aromatic nitrogens is 3. The largest absolute Gasteiger partial charge is 0.464 e. The van der Waals surface area contributed by atoms with E-state index in [9.17, 15) is 0 Å². The predicted octanol–water partition coefficient (Wildman–Crippen LogP) is 0.724. The van der Waals surface area contributed by atoms with Gasteiger partial charge in [-0.25, -0.2) is 0 Å². The van der Waals surface area contributed by atoms with Crippen LogP contribution in [0, 0.1) is 6.33 Å². The van der Waals surface area contributed by atoms with Crippen molar-refractivity contribution in [2.24, 2.45) is 0 Å². The molecule has 4 nitrogen and oxygen atoms in total. The van der Waals surface area contributed by atoms with E-state index in [4.69, 9.17) is 16.3 Å². The summed E-state index contributed by atoms with van der Waals surface area (Å²) in [4.78, 5) is 10.7. The van der Waals surface area contributed by atoms with Crippen molar-refractivity contribution < 1.29 is 4.74 Å². The molecule has 10 heavy (non-hydrogen) atoms. The van der Waals surface area contributed by atoms with Gasteiger partial charge >= 0.3 is 6.01 Å². The Kier molecular flexibility index (Phi) is 2.39. The van der Waals surface area contributed by atoms with Gasteiger partial charge < -0.3 is 4.74 Å². The van der Waals surface area contributed by atoms with Gasteiger partial charge in [0.05, 0.1) is 6.61 Å². The molecular weight excluding hydrogens is 154 g/mol. The fourth-order valence-electron chi connectivity index (χ4n) is 0.432. The summed E-state index contributed by atoms with van der Waals surface area (Å²) in [6.45, 7) is 2.34. The molecule has 0 atom stereocenters. The fourth-order valence-corrected chi connectivity index (χ4v) is 0.542. The number of ether oxygens (including phenoxy) is 1. The van der Waals surface area contributed by atoms with Crippen molar-refractivity contribution >= 4 is 11.6 Å².